The summed E-state index contributed by atoms with van der Waals surface area (Å²) < 4.78 is 0. The number of carbonyl (C=O) groups is 1. The average molecular weight is 316 g/mol. The molecule has 2 heterocycles. The Balaban J connectivity index is 1.75. The van der Waals surface area contributed by atoms with Gasteiger partial charge in [-0.25, -0.2) is 0 Å². The molecular formula is C17H20N2O2S. The molecule has 0 radical (unpaired) electrons. The highest BCUT2D eigenvalue weighted by atomic mass is 32.1. The zero-order chi connectivity index (χ0) is 15.5. The number of amides is 1. The Hall–Kier alpha value is -1.72. The monoisotopic (exact) mass is 316 g/mol. The third kappa shape index (κ3) is 3.20. The minimum Gasteiger partial charge on any atom is -0.391 e. The first-order valence-electron chi connectivity index (χ1n) is 7.64. The van der Waals surface area contributed by atoms with Crippen LogP contribution in [0.4, 0.5) is 0 Å². The number of nitrogens with zero attached hydrogens (tertiary/aromatic N) is 1. The predicted octanol–water partition coefficient (Wildman–Crippen LogP) is 3.15. The van der Waals surface area contributed by atoms with Crippen molar-refractivity contribution < 1.29 is 9.90 Å². The fourth-order valence-electron chi connectivity index (χ4n) is 2.90. The van der Waals surface area contributed by atoms with Gasteiger partial charge in [0.05, 0.1) is 29.1 Å². The molecule has 1 saturated carbocycles. The maximum absolute atomic E-state index is 12.4. The third-order valence-corrected chi connectivity index (χ3v) is 4.88. The van der Waals surface area contributed by atoms with Gasteiger partial charge in [0.15, 0.2) is 0 Å². The maximum atomic E-state index is 12.4. The minimum absolute atomic E-state index is 0.141. The van der Waals surface area contributed by atoms with Crippen molar-refractivity contribution in [1.29, 1.82) is 0 Å². The van der Waals surface area contributed by atoms with Gasteiger partial charge in [-0.15, -0.1) is 0 Å². The van der Waals surface area contributed by atoms with E-state index >= 15 is 0 Å². The largest absolute Gasteiger partial charge is 0.391 e. The summed E-state index contributed by atoms with van der Waals surface area (Å²) in [6.07, 6.45) is 3.25. The molecule has 22 heavy (non-hydrogen) atoms. The summed E-state index contributed by atoms with van der Waals surface area (Å²) in [5.74, 6) is -0.146. The molecule has 116 valence electrons. The molecule has 2 atom stereocenters. The topological polar surface area (TPSA) is 62.2 Å². The van der Waals surface area contributed by atoms with Crippen molar-refractivity contribution in [2.45, 2.75) is 44.8 Å². The van der Waals surface area contributed by atoms with Crippen LogP contribution in [0.15, 0.2) is 29.0 Å². The first-order valence-corrected chi connectivity index (χ1v) is 8.58. The molecular weight excluding hydrogens is 296 g/mol. The highest BCUT2D eigenvalue weighted by Gasteiger charge is 2.25. The second kappa shape index (κ2) is 6.58. The van der Waals surface area contributed by atoms with Crippen LogP contribution in [0.2, 0.25) is 0 Å². The summed E-state index contributed by atoms with van der Waals surface area (Å²) >= 11 is 1.63. The first kappa shape index (κ1) is 15.2. The standard InChI is InChI=1S/C17H20N2O2S/c1-11-13(6-7-14(18-11)12-8-9-22-10-12)17(21)19-15-4-2-3-5-16(15)20/h6-10,15-16,20H,2-5H2,1H3,(H,19,21). The third-order valence-electron chi connectivity index (χ3n) is 4.19. The van der Waals surface area contributed by atoms with E-state index in [2.05, 4.69) is 10.3 Å². The zero-order valence-electron chi connectivity index (χ0n) is 12.6. The lowest BCUT2D eigenvalue weighted by molar-refractivity contribution is 0.0716. The van der Waals surface area contributed by atoms with E-state index in [0.29, 0.717) is 11.3 Å². The Labute approximate surface area is 134 Å². The molecule has 1 fully saturated rings. The second-order valence-electron chi connectivity index (χ2n) is 5.77. The van der Waals surface area contributed by atoms with E-state index in [1.54, 1.807) is 11.3 Å². The minimum atomic E-state index is -0.434. The average Bonchev–Trinajstić information content (AvgIpc) is 3.03. The smallest absolute Gasteiger partial charge is 0.253 e. The summed E-state index contributed by atoms with van der Waals surface area (Å²) in [5, 5.41) is 17.0. The molecule has 1 aliphatic rings. The molecule has 0 bridgehead atoms. The van der Waals surface area contributed by atoms with E-state index in [1.807, 2.05) is 35.9 Å². The van der Waals surface area contributed by atoms with Crippen LogP contribution in [0.3, 0.4) is 0 Å². The van der Waals surface area contributed by atoms with Gasteiger partial charge in [-0.05, 0) is 43.3 Å². The van der Waals surface area contributed by atoms with E-state index in [1.165, 1.54) is 0 Å². The molecule has 0 aliphatic heterocycles. The molecule has 1 amide bonds. The van der Waals surface area contributed by atoms with Gasteiger partial charge in [0.1, 0.15) is 0 Å². The number of nitrogens with one attached hydrogen (secondary N) is 1. The van der Waals surface area contributed by atoms with Crippen LogP contribution in [-0.2, 0) is 0 Å². The van der Waals surface area contributed by atoms with Crippen molar-refractivity contribution in [3.8, 4) is 11.3 Å². The van der Waals surface area contributed by atoms with Crippen LogP contribution in [0.1, 0.15) is 41.7 Å². The quantitative estimate of drug-likeness (QED) is 0.914. The van der Waals surface area contributed by atoms with Crippen molar-refractivity contribution in [2.24, 2.45) is 0 Å². The van der Waals surface area contributed by atoms with Gasteiger partial charge >= 0.3 is 0 Å². The van der Waals surface area contributed by atoms with Crippen molar-refractivity contribution in [3.63, 3.8) is 0 Å². The van der Waals surface area contributed by atoms with E-state index in [9.17, 15) is 9.90 Å². The number of carbonyl (C=O) groups excluding carboxylic acids is 1. The van der Waals surface area contributed by atoms with Gasteiger partial charge in [-0.1, -0.05) is 12.8 Å². The summed E-state index contributed by atoms with van der Waals surface area (Å²) in [4.78, 5) is 16.9. The van der Waals surface area contributed by atoms with Gasteiger partial charge in [0.25, 0.3) is 5.91 Å². The fourth-order valence-corrected chi connectivity index (χ4v) is 3.55. The summed E-state index contributed by atoms with van der Waals surface area (Å²) in [7, 11) is 0. The molecule has 2 aromatic heterocycles. The van der Waals surface area contributed by atoms with E-state index < -0.39 is 6.10 Å². The lowest BCUT2D eigenvalue weighted by Crippen LogP contribution is -2.45. The van der Waals surface area contributed by atoms with Crippen molar-refractivity contribution in [3.05, 3.63) is 40.2 Å². The number of hydrogen-bond donors (Lipinski definition) is 2. The Morgan fingerprint density at radius 2 is 2.14 bits per heavy atom. The van der Waals surface area contributed by atoms with Crippen LogP contribution >= 0.6 is 11.3 Å². The number of thiophene rings is 1. The summed E-state index contributed by atoms with van der Waals surface area (Å²) in [5.41, 5.74) is 3.25. The molecule has 1 aliphatic carbocycles. The van der Waals surface area contributed by atoms with Crippen LogP contribution in [-0.4, -0.2) is 28.1 Å². The van der Waals surface area contributed by atoms with Crippen LogP contribution in [0.5, 0.6) is 0 Å². The van der Waals surface area contributed by atoms with Crippen molar-refractivity contribution >= 4 is 17.2 Å². The van der Waals surface area contributed by atoms with E-state index in [-0.39, 0.29) is 11.9 Å². The molecule has 0 saturated heterocycles. The first-order chi connectivity index (χ1) is 10.6. The normalized spacial score (nSPS) is 21.5. The van der Waals surface area contributed by atoms with E-state index in [4.69, 9.17) is 0 Å². The second-order valence-corrected chi connectivity index (χ2v) is 6.55. The molecule has 4 nitrogen and oxygen atoms in total. The van der Waals surface area contributed by atoms with Gasteiger partial charge in [0.2, 0.25) is 0 Å². The fraction of sp³-hybridized carbons (Fsp3) is 0.412. The van der Waals surface area contributed by atoms with Gasteiger partial charge in [-0.3, -0.25) is 9.78 Å². The lowest BCUT2D eigenvalue weighted by atomic mass is 9.92. The maximum Gasteiger partial charge on any atom is 0.253 e. The Morgan fingerprint density at radius 3 is 2.82 bits per heavy atom. The lowest BCUT2D eigenvalue weighted by Gasteiger charge is -2.28. The number of rotatable bonds is 3. The molecule has 2 N–H and O–H groups in total. The van der Waals surface area contributed by atoms with Gasteiger partial charge < -0.3 is 10.4 Å². The van der Waals surface area contributed by atoms with Gasteiger partial charge in [0, 0.05) is 10.9 Å². The molecule has 2 unspecified atom stereocenters. The SMILES string of the molecule is Cc1nc(-c2ccsc2)ccc1C(=O)NC1CCCCC1O. The highest BCUT2D eigenvalue weighted by Crippen LogP contribution is 2.22. The molecule has 0 spiro atoms. The molecule has 5 heteroatoms. The Kier molecular flexibility index (Phi) is 4.55. The van der Waals surface area contributed by atoms with Crippen LogP contribution < -0.4 is 5.32 Å². The zero-order valence-corrected chi connectivity index (χ0v) is 13.4. The molecule has 0 aromatic carbocycles. The Morgan fingerprint density at radius 1 is 1.32 bits per heavy atom. The number of aliphatic hydroxyl groups excluding tert-OH is 1. The summed E-state index contributed by atoms with van der Waals surface area (Å²) in [6.45, 7) is 1.85. The highest BCUT2D eigenvalue weighted by molar-refractivity contribution is 7.08. The van der Waals surface area contributed by atoms with Crippen LogP contribution in [0, 0.1) is 6.92 Å². The van der Waals surface area contributed by atoms with Crippen LogP contribution in [0.25, 0.3) is 11.3 Å². The number of aliphatic hydroxyl groups is 1. The predicted molar refractivity (Wildman–Crippen MR) is 88.0 cm³/mol. The number of hydrogen-bond acceptors (Lipinski definition) is 4. The number of aryl methyl sites for hydroxylation is 1. The number of aromatic nitrogens is 1. The molecule has 3 rings (SSSR count). The number of pyridine rings is 1. The van der Waals surface area contributed by atoms with Gasteiger partial charge in [-0.2, -0.15) is 11.3 Å². The van der Waals surface area contributed by atoms with Crippen molar-refractivity contribution in [1.82, 2.24) is 10.3 Å². The Bertz CT molecular complexity index is 655. The van der Waals surface area contributed by atoms with Crippen molar-refractivity contribution in [2.75, 3.05) is 0 Å². The summed E-state index contributed by atoms with van der Waals surface area (Å²) in [6, 6.07) is 5.57. The van der Waals surface area contributed by atoms with E-state index in [0.717, 1.165) is 36.9 Å². The molecule has 2 aromatic rings.